The third kappa shape index (κ3) is 5.73. The Morgan fingerprint density at radius 3 is 2.67 bits per heavy atom. The van der Waals surface area contributed by atoms with Gasteiger partial charge in [0.25, 0.3) is 0 Å². The minimum absolute atomic E-state index is 0.0449. The molecule has 0 aromatic heterocycles. The molecule has 0 N–H and O–H groups in total. The topological polar surface area (TPSA) is 0 Å². The Morgan fingerprint density at radius 2 is 2.22 bits per heavy atom. The van der Waals surface area contributed by atoms with Crippen LogP contribution in [0.5, 0.6) is 0 Å². The van der Waals surface area contributed by atoms with Crippen molar-refractivity contribution in [2.24, 2.45) is 0 Å². The molecule has 9 heavy (non-hydrogen) atoms. The first-order valence-corrected chi connectivity index (χ1v) is 3.85. The molecular weight excluding hydrogens is 132 g/mol. The van der Waals surface area contributed by atoms with E-state index in [0.29, 0.717) is 0 Å². The van der Waals surface area contributed by atoms with Gasteiger partial charge < -0.3 is 0 Å². The fourth-order valence-corrected chi connectivity index (χ4v) is 0.811. The smallest absolute Gasteiger partial charge is 0.0940 e. The van der Waals surface area contributed by atoms with Gasteiger partial charge in [0.05, 0.1) is 5.38 Å². The van der Waals surface area contributed by atoms with E-state index in [1.54, 1.807) is 0 Å². The van der Waals surface area contributed by atoms with Gasteiger partial charge in [0.15, 0.2) is 0 Å². The Hall–Kier alpha value is -0.150. The molecule has 0 amide bonds. The highest BCUT2D eigenvalue weighted by Crippen LogP contribution is 2.06. The molecule has 0 rings (SSSR count). The maximum atomic E-state index is 5.66. The van der Waals surface area contributed by atoms with Crippen LogP contribution in [0.15, 0.2) is 0 Å². The van der Waals surface area contributed by atoms with E-state index in [2.05, 4.69) is 12.8 Å². The van der Waals surface area contributed by atoms with Crippen molar-refractivity contribution in [1.82, 2.24) is 0 Å². The number of alkyl halides is 1. The Labute approximate surface area is 62.6 Å². The van der Waals surface area contributed by atoms with E-state index in [-0.39, 0.29) is 5.38 Å². The Balaban J connectivity index is 2.99. The lowest BCUT2D eigenvalue weighted by Crippen LogP contribution is -1.92. The molecule has 0 bridgehead atoms. The first-order valence-electron chi connectivity index (χ1n) is 3.41. The molecule has 0 spiro atoms. The van der Waals surface area contributed by atoms with E-state index in [1.807, 2.05) is 0 Å². The van der Waals surface area contributed by atoms with Crippen molar-refractivity contribution < 1.29 is 0 Å². The Kier molecular flexibility index (Phi) is 5.88. The monoisotopic (exact) mass is 144 g/mol. The molecule has 0 aliphatic carbocycles. The second-order valence-electron chi connectivity index (χ2n) is 2.13. The summed E-state index contributed by atoms with van der Waals surface area (Å²) in [5.41, 5.74) is 0. The summed E-state index contributed by atoms with van der Waals surface area (Å²) >= 11 is 5.66. The van der Waals surface area contributed by atoms with Crippen LogP contribution in [0.3, 0.4) is 0 Å². The molecule has 0 unspecified atom stereocenters. The first kappa shape index (κ1) is 8.85. The molecule has 0 aromatic carbocycles. The van der Waals surface area contributed by atoms with Gasteiger partial charge in [0, 0.05) is 0 Å². The van der Waals surface area contributed by atoms with E-state index < -0.39 is 0 Å². The van der Waals surface area contributed by atoms with Crippen molar-refractivity contribution in [3.63, 3.8) is 0 Å². The summed E-state index contributed by atoms with van der Waals surface area (Å²) in [6, 6.07) is 0. The maximum Gasteiger partial charge on any atom is 0.0940 e. The second kappa shape index (κ2) is 5.98. The number of hydrogen-bond donors (Lipinski definition) is 0. The quantitative estimate of drug-likeness (QED) is 0.323. The van der Waals surface area contributed by atoms with Gasteiger partial charge in [-0.2, -0.15) is 0 Å². The summed E-state index contributed by atoms with van der Waals surface area (Å²) in [7, 11) is 0. The summed E-state index contributed by atoms with van der Waals surface area (Å²) in [5, 5.41) is -0.0449. The zero-order chi connectivity index (χ0) is 7.11. The Morgan fingerprint density at radius 1 is 1.56 bits per heavy atom. The third-order valence-corrected chi connectivity index (χ3v) is 1.59. The summed E-state index contributed by atoms with van der Waals surface area (Å²) < 4.78 is 0. The van der Waals surface area contributed by atoms with E-state index in [9.17, 15) is 0 Å². The van der Waals surface area contributed by atoms with Crippen molar-refractivity contribution in [1.29, 1.82) is 0 Å². The van der Waals surface area contributed by atoms with Crippen molar-refractivity contribution in [2.45, 2.75) is 38.0 Å². The molecule has 0 aliphatic rings. The molecule has 1 heteroatoms. The highest BCUT2D eigenvalue weighted by molar-refractivity contribution is 6.22. The first-order chi connectivity index (χ1) is 4.31. The molecule has 0 saturated heterocycles. The Bertz CT molecular complexity index is 91.2. The van der Waals surface area contributed by atoms with Crippen LogP contribution >= 0.6 is 11.6 Å². The van der Waals surface area contributed by atoms with Crippen LogP contribution in [0.25, 0.3) is 0 Å². The minimum Gasteiger partial charge on any atom is -0.119 e. The lowest BCUT2D eigenvalue weighted by atomic mass is 10.2. The van der Waals surface area contributed by atoms with Crippen LogP contribution in [0.2, 0.25) is 0 Å². The predicted molar refractivity (Wildman–Crippen MR) is 42.6 cm³/mol. The highest BCUT2D eigenvalue weighted by Gasteiger charge is 1.96. The zero-order valence-electron chi connectivity index (χ0n) is 5.86. The lowest BCUT2D eigenvalue weighted by molar-refractivity contribution is 0.683. The lowest BCUT2D eigenvalue weighted by Gasteiger charge is -1.98. The predicted octanol–water partition coefficient (Wildman–Crippen LogP) is 2.81. The molecule has 0 fully saturated rings. The summed E-state index contributed by atoms with van der Waals surface area (Å²) in [5.74, 6) is 2.49. The van der Waals surface area contributed by atoms with E-state index in [1.165, 1.54) is 12.8 Å². The molecule has 0 radical (unpaired) electrons. The second-order valence-corrected chi connectivity index (χ2v) is 2.66. The average molecular weight is 145 g/mol. The van der Waals surface area contributed by atoms with Crippen LogP contribution in [0.1, 0.15) is 32.6 Å². The number of rotatable bonds is 4. The summed E-state index contributed by atoms with van der Waals surface area (Å²) in [6.45, 7) is 2.17. The minimum atomic E-state index is -0.0449. The fourth-order valence-electron chi connectivity index (χ4n) is 0.657. The van der Waals surface area contributed by atoms with Crippen LogP contribution in [-0.2, 0) is 0 Å². The number of terminal acetylenes is 1. The van der Waals surface area contributed by atoms with Gasteiger partial charge in [-0.25, -0.2) is 0 Å². The number of hydrogen-bond acceptors (Lipinski definition) is 0. The van der Waals surface area contributed by atoms with Crippen LogP contribution in [0, 0.1) is 12.3 Å². The molecular formula is C8H13Cl. The fraction of sp³-hybridized carbons (Fsp3) is 0.750. The van der Waals surface area contributed by atoms with Gasteiger partial charge >= 0.3 is 0 Å². The average Bonchev–Trinajstić information content (AvgIpc) is 1.89. The third-order valence-electron chi connectivity index (χ3n) is 1.24. The molecule has 0 saturated carbocycles. The van der Waals surface area contributed by atoms with Gasteiger partial charge in [0.2, 0.25) is 0 Å². The standard InChI is InChI=1S/C8H13Cl/c1-3-5-6-7-8(9)4-2/h2,8H,3,5-7H2,1H3/t8-/m1/s1. The van der Waals surface area contributed by atoms with Crippen LogP contribution in [-0.4, -0.2) is 5.38 Å². The van der Waals surface area contributed by atoms with Gasteiger partial charge in [-0.15, -0.1) is 18.0 Å². The molecule has 1 atom stereocenters. The summed E-state index contributed by atoms with van der Waals surface area (Å²) in [6.07, 6.45) is 9.67. The largest absolute Gasteiger partial charge is 0.119 e. The summed E-state index contributed by atoms with van der Waals surface area (Å²) in [4.78, 5) is 0. The normalized spacial score (nSPS) is 12.6. The van der Waals surface area contributed by atoms with Gasteiger partial charge in [-0.1, -0.05) is 32.1 Å². The highest BCUT2D eigenvalue weighted by atomic mass is 35.5. The van der Waals surface area contributed by atoms with Crippen LogP contribution in [0.4, 0.5) is 0 Å². The zero-order valence-corrected chi connectivity index (χ0v) is 6.62. The molecule has 0 heterocycles. The van der Waals surface area contributed by atoms with Crippen molar-refractivity contribution >= 4 is 11.6 Å². The maximum absolute atomic E-state index is 5.66. The number of unbranched alkanes of at least 4 members (excludes halogenated alkanes) is 2. The molecule has 52 valence electrons. The van der Waals surface area contributed by atoms with Gasteiger partial charge in [0.1, 0.15) is 0 Å². The SMILES string of the molecule is C#C[C@@H](Cl)CCCCC. The van der Waals surface area contributed by atoms with Crippen molar-refractivity contribution in [2.75, 3.05) is 0 Å². The van der Waals surface area contributed by atoms with Gasteiger partial charge in [-0.3, -0.25) is 0 Å². The van der Waals surface area contributed by atoms with E-state index in [4.69, 9.17) is 18.0 Å². The van der Waals surface area contributed by atoms with Crippen molar-refractivity contribution in [3.05, 3.63) is 0 Å². The number of halogens is 1. The molecule has 0 aliphatic heterocycles. The van der Waals surface area contributed by atoms with Gasteiger partial charge in [-0.05, 0) is 6.42 Å². The molecule has 0 aromatic rings. The van der Waals surface area contributed by atoms with E-state index >= 15 is 0 Å². The molecule has 0 nitrogen and oxygen atoms in total. The van der Waals surface area contributed by atoms with Crippen molar-refractivity contribution in [3.8, 4) is 12.3 Å². The van der Waals surface area contributed by atoms with Crippen LogP contribution < -0.4 is 0 Å². The van der Waals surface area contributed by atoms with E-state index in [0.717, 1.165) is 12.8 Å².